The number of nitrogens with zero attached hydrogens (tertiary/aromatic N) is 2. The molecule has 11 heteroatoms. The molecular weight excluding hydrogens is 662 g/mol. The van der Waals surface area contributed by atoms with Gasteiger partial charge in [0.25, 0.3) is 5.91 Å². The fraction of sp³-hybridized carbons (Fsp3) is 0.474. The summed E-state index contributed by atoms with van der Waals surface area (Å²) >= 11 is 6.38. The third kappa shape index (κ3) is 7.19. The van der Waals surface area contributed by atoms with E-state index in [1.165, 1.54) is 5.56 Å². The number of nitrogens with one attached hydrogen (secondary N) is 1. The van der Waals surface area contributed by atoms with Crippen LogP contribution in [0.25, 0.3) is 0 Å². The molecule has 0 unspecified atom stereocenters. The number of methoxy groups -OCH3 is 2. The molecule has 5 atom stereocenters. The molecule has 2 bridgehead atoms. The lowest BCUT2D eigenvalue weighted by molar-refractivity contribution is -0.0816. The van der Waals surface area contributed by atoms with Crippen molar-refractivity contribution in [2.24, 2.45) is 17.8 Å². The van der Waals surface area contributed by atoms with Gasteiger partial charge in [0.05, 0.1) is 23.6 Å². The summed E-state index contributed by atoms with van der Waals surface area (Å²) in [6.45, 7) is 5.28. The number of rotatable bonds is 3. The van der Waals surface area contributed by atoms with Gasteiger partial charge in [-0.15, -0.1) is 0 Å². The number of aromatic nitrogens is 1. The van der Waals surface area contributed by atoms with Crippen molar-refractivity contribution in [2.45, 2.75) is 69.8 Å². The molecule has 1 N–H and O–H groups in total. The van der Waals surface area contributed by atoms with E-state index in [0.29, 0.717) is 36.2 Å². The van der Waals surface area contributed by atoms with Crippen LogP contribution in [0.2, 0.25) is 5.02 Å². The molecular formula is C38H46ClN3O6S. The molecule has 6 rings (SSSR count). The van der Waals surface area contributed by atoms with Crippen LogP contribution in [0.3, 0.4) is 0 Å². The number of aryl methyl sites for hydroxylation is 1. The fourth-order valence-corrected chi connectivity index (χ4v) is 9.02. The lowest BCUT2D eigenvalue weighted by Crippen LogP contribution is -2.49. The Kier molecular flexibility index (Phi) is 10.6. The van der Waals surface area contributed by atoms with Crippen molar-refractivity contribution in [3.8, 4) is 11.6 Å². The number of sulfonamides is 1. The predicted molar refractivity (Wildman–Crippen MR) is 192 cm³/mol. The third-order valence-electron chi connectivity index (χ3n) is 10.8. The second-order valence-corrected chi connectivity index (χ2v) is 16.1. The first kappa shape index (κ1) is 35.2. The number of pyridine rings is 1. The van der Waals surface area contributed by atoms with Crippen LogP contribution in [-0.2, 0) is 33.4 Å². The SMILES string of the molecule is COc1ncccc1[C@@]1(OC)/C=C/C[C@H](C)[C@@H](C)S(=O)(=O)NC(=O)c2ccc3c(c2)N(CCCCc2cc(Cl)ccc2CO3)C[C@@H]2CC[C@H]21. The maximum Gasteiger partial charge on any atom is 0.264 e. The Morgan fingerprint density at radius 1 is 1.06 bits per heavy atom. The van der Waals surface area contributed by atoms with Gasteiger partial charge < -0.3 is 19.1 Å². The van der Waals surface area contributed by atoms with Gasteiger partial charge in [-0.05, 0) is 111 Å². The van der Waals surface area contributed by atoms with Gasteiger partial charge in [-0.2, -0.15) is 0 Å². The first-order chi connectivity index (χ1) is 23.6. The molecule has 1 saturated carbocycles. The summed E-state index contributed by atoms with van der Waals surface area (Å²) in [5.41, 5.74) is 3.24. The molecule has 2 aromatic carbocycles. The standard InChI is InChI=1S/C38H46ClN3O6S/c1-25-9-7-18-38(47-4,33-11-8-19-40-37(33)46-3)32-16-13-29(32)23-42-20-6-5-10-27-21-31(39)15-12-30(27)24-48-35-17-14-28(22-34(35)42)36(43)41-49(44,45)26(25)2/h7-8,11-12,14-15,17-19,21-22,25-26,29,32H,5-6,9-10,13,16,20,23-24H2,1-4H3,(H,41,43)/b18-7+/t25-,26+,29-,32+,38+/m0/s1. The fourth-order valence-electron chi connectivity index (χ4n) is 7.54. The highest BCUT2D eigenvalue weighted by Crippen LogP contribution is 2.52. The average Bonchev–Trinajstić information content (AvgIpc) is 3.11. The Morgan fingerprint density at radius 2 is 1.90 bits per heavy atom. The largest absolute Gasteiger partial charge is 0.487 e. The van der Waals surface area contributed by atoms with E-state index in [4.69, 9.17) is 25.8 Å². The number of benzene rings is 2. The molecule has 262 valence electrons. The number of hydrogen-bond acceptors (Lipinski definition) is 8. The molecule has 3 aromatic rings. The van der Waals surface area contributed by atoms with Crippen molar-refractivity contribution < 1.29 is 27.4 Å². The minimum absolute atomic E-state index is 0.0802. The monoisotopic (exact) mass is 707 g/mol. The van der Waals surface area contributed by atoms with Gasteiger partial charge in [-0.25, -0.2) is 18.1 Å². The smallest absolute Gasteiger partial charge is 0.264 e. The van der Waals surface area contributed by atoms with Gasteiger partial charge >= 0.3 is 0 Å². The maximum atomic E-state index is 13.5. The number of ether oxygens (including phenoxy) is 3. The summed E-state index contributed by atoms with van der Waals surface area (Å²) in [7, 11) is -0.651. The number of halogens is 1. The van der Waals surface area contributed by atoms with E-state index in [1.807, 2.05) is 43.3 Å². The van der Waals surface area contributed by atoms with E-state index in [-0.39, 0.29) is 23.3 Å². The molecule has 1 fully saturated rings. The third-order valence-corrected chi connectivity index (χ3v) is 12.9. The summed E-state index contributed by atoms with van der Waals surface area (Å²) in [4.78, 5) is 20.4. The average molecular weight is 708 g/mol. The van der Waals surface area contributed by atoms with E-state index in [1.54, 1.807) is 45.5 Å². The summed E-state index contributed by atoms with van der Waals surface area (Å²) in [5, 5.41) is -0.130. The van der Waals surface area contributed by atoms with Gasteiger partial charge in [-0.3, -0.25) is 4.79 Å². The molecule has 0 spiro atoms. The second-order valence-electron chi connectivity index (χ2n) is 13.6. The predicted octanol–water partition coefficient (Wildman–Crippen LogP) is 7.08. The highest BCUT2D eigenvalue weighted by atomic mass is 35.5. The van der Waals surface area contributed by atoms with E-state index in [0.717, 1.165) is 55.5 Å². The van der Waals surface area contributed by atoms with Crippen molar-refractivity contribution in [3.63, 3.8) is 0 Å². The minimum Gasteiger partial charge on any atom is -0.487 e. The first-order valence-electron chi connectivity index (χ1n) is 17.1. The molecule has 3 aliphatic rings. The Bertz CT molecular complexity index is 1820. The molecule has 3 heterocycles. The van der Waals surface area contributed by atoms with E-state index in [2.05, 4.69) is 20.7 Å². The summed E-state index contributed by atoms with van der Waals surface area (Å²) in [5.74, 6) is 0.503. The van der Waals surface area contributed by atoms with Crippen LogP contribution >= 0.6 is 11.6 Å². The van der Waals surface area contributed by atoms with Crippen LogP contribution in [0, 0.1) is 17.8 Å². The number of carbonyl (C=O) groups is 1. The van der Waals surface area contributed by atoms with E-state index < -0.39 is 26.8 Å². The topological polar surface area (TPSA) is 107 Å². The Morgan fingerprint density at radius 3 is 2.65 bits per heavy atom. The number of hydrogen-bond donors (Lipinski definition) is 1. The highest BCUT2D eigenvalue weighted by molar-refractivity contribution is 7.90. The van der Waals surface area contributed by atoms with Crippen LogP contribution in [0.1, 0.15) is 73.0 Å². The van der Waals surface area contributed by atoms with Crippen LogP contribution < -0.4 is 19.1 Å². The maximum absolute atomic E-state index is 13.5. The van der Waals surface area contributed by atoms with Crippen molar-refractivity contribution in [3.05, 3.63) is 94.2 Å². The lowest BCUT2D eigenvalue weighted by Gasteiger charge is -2.50. The first-order valence-corrected chi connectivity index (χ1v) is 19.1. The van der Waals surface area contributed by atoms with Gasteiger partial charge in [-0.1, -0.05) is 36.7 Å². The zero-order valence-electron chi connectivity index (χ0n) is 28.7. The number of carbonyl (C=O) groups excluding carboxylic acids is 1. The van der Waals surface area contributed by atoms with Crippen LogP contribution in [0.15, 0.2) is 66.9 Å². The molecule has 1 amide bonds. The summed E-state index contributed by atoms with van der Waals surface area (Å²) < 4.78 is 48.2. The Hall–Kier alpha value is -3.60. The molecule has 2 aliphatic heterocycles. The van der Waals surface area contributed by atoms with Gasteiger partial charge in [0, 0.05) is 42.9 Å². The van der Waals surface area contributed by atoms with Crippen molar-refractivity contribution in [1.82, 2.24) is 9.71 Å². The number of amides is 1. The molecule has 1 aliphatic carbocycles. The quantitative estimate of drug-likeness (QED) is 0.288. The summed E-state index contributed by atoms with van der Waals surface area (Å²) in [6.07, 6.45) is 10.9. The molecule has 9 nitrogen and oxygen atoms in total. The zero-order chi connectivity index (χ0) is 34.8. The van der Waals surface area contributed by atoms with Crippen molar-refractivity contribution in [1.29, 1.82) is 0 Å². The molecule has 0 radical (unpaired) electrons. The van der Waals surface area contributed by atoms with E-state index >= 15 is 0 Å². The zero-order valence-corrected chi connectivity index (χ0v) is 30.2. The Balaban J connectivity index is 1.47. The molecule has 49 heavy (non-hydrogen) atoms. The van der Waals surface area contributed by atoms with Crippen molar-refractivity contribution >= 4 is 33.2 Å². The van der Waals surface area contributed by atoms with Crippen LogP contribution in [0.5, 0.6) is 11.6 Å². The molecule has 0 saturated heterocycles. The second kappa shape index (κ2) is 14.7. The van der Waals surface area contributed by atoms with Gasteiger partial charge in [0.2, 0.25) is 15.9 Å². The summed E-state index contributed by atoms with van der Waals surface area (Å²) in [6, 6.07) is 15.0. The van der Waals surface area contributed by atoms with Gasteiger partial charge in [0.15, 0.2) is 0 Å². The normalized spacial score (nSPS) is 27.9. The van der Waals surface area contributed by atoms with Crippen LogP contribution in [0.4, 0.5) is 5.69 Å². The van der Waals surface area contributed by atoms with Crippen LogP contribution in [-0.4, -0.2) is 51.9 Å². The number of allylic oxidation sites excluding steroid dienone is 1. The highest BCUT2D eigenvalue weighted by Gasteiger charge is 2.50. The number of anilines is 1. The minimum atomic E-state index is -3.99. The van der Waals surface area contributed by atoms with Crippen molar-refractivity contribution in [2.75, 3.05) is 32.2 Å². The number of fused-ring (bicyclic) bond motifs is 3. The lowest BCUT2D eigenvalue weighted by atomic mass is 9.62. The van der Waals surface area contributed by atoms with Gasteiger partial charge in [0.1, 0.15) is 18.0 Å². The molecule has 1 aromatic heterocycles. The Labute approximate surface area is 295 Å². The van der Waals surface area contributed by atoms with E-state index in [9.17, 15) is 13.2 Å².